The summed E-state index contributed by atoms with van der Waals surface area (Å²) >= 11 is 0. The lowest BCUT2D eigenvalue weighted by Gasteiger charge is -2.05. The van der Waals surface area contributed by atoms with Crippen LogP contribution in [-0.4, -0.2) is 26.3 Å². The van der Waals surface area contributed by atoms with Crippen LogP contribution in [0, 0.1) is 0 Å². The van der Waals surface area contributed by atoms with Crippen molar-refractivity contribution in [1.29, 1.82) is 0 Å². The molecule has 0 atom stereocenters. The van der Waals surface area contributed by atoms with Gasteiger partial charge in [0.2, 0.25) is 5.91 Å². The zero-order valence-electron chi connectivity index (χ0n) is 8.43. The maximum Gasteiger partial charge on any atom is 0.248 e. The van der Waals surface area contributed by atoms with E-state index < -0.39 is 15.7 Å². The summed E-state index contributed by atoms with van der Waals surface area (Å²) in [4.78, 5) is 11.0. The zero-order valence-corrected chi connectivity index (χ0v) is 9.25. The number of aryl methyl sites for hydroxylation is 1. The highest BCUT2D eigenvalue weighted by Gasteiger charge is 2.09. The van der Waals surface area contributed by atoms with Gasteiger partial charge < -0.3 is 5.73 Å². The summed E-state index contributed by atoms with van der Waals surface area (Å²) in [5.74, 6) is -0.504. The SMILES string of the molecule is CS(=O)(=O)CCc1ccccc1C(N)=O. The molecule has 0 radical (unpaired) electrons. The fraction of sp³-hybridized carbons (Fsp3) is 0.300. The van der Waals surface area contributed by atoms with Crippen molar-refractivity contribution in [1.82, 2.24) is 0 Å². The molecule has 4 nitrogen and oxygen atoms in total. The average molecular weight is 227 g/mol. The molecule has 0 fully saturated rings. The summed E-state index contributed by atoms with van der Waals surface area (Å²) in [6.07, 6.45) is 1.48. The first kappa shape index (κ1) is 11.7. The third-order valence-corrected chi connectivity index (χ3v) is 2.97. The van der Waals surface area contributed by atoms with Crippen molar-refractivity contribution in [3.63, 3.8) is 0 Å². The molecule has 0 unspecified atom stereocenters. The number of sulfone groups is 1. The van der Waals surface area contributed by atoms with Crippen LogP contribution in [0.3, 0.4) is 0 Å². The molecule has 0 aliphatic carbocycles. The molecule has 0 aromatic heterocycles. The van der Waals surface area contributed by atoms with Gasteiger partial charge >= 0.3 is 0 Å². The molecule has 0 saturated carbocycles. The van der Waals surface area contributed by atoms with E-state index in [-0.39, 0.29) is 5.75 Å². The smallest absolute Gasteiger partial charge is 0.248 e. The lowest BCUT2D eigenvalue weighted by Crippen LogP contribution is -2.15. The molecule has 1 aromatic rings. The molecule has 0 aliphatic heterocycles. The highest BCUT2D eigenvalue weighted by Crippen LogP contribution is 2.09. The lowest BCUT2D eigenvalue weighted by molar-refractivity contribution is 0.0999. The van der Waals surface area contributed by atoms with Gasteiger partial charge in [-0.2, -0.15) is 0 Å². The van der Waals surface area contributed by atoms with E-state index in [0.29, 0.717) is 17.5 Å². The Kier molecular flexibility index (Phi) is 3.47. The fourth-order valence-corrected chi connectivity index (χ4v) is 1.86. The molecular weight excluding hydrogens is 214 g/mol. The van der Waals surface area contributed by atoms with Gasteiger partial charge in [-0.15, -0.1) is 0 Å². The maximum atomic E-state index is 11.0. The number of carbonyl (C=O) groups excluding carboxylic acids is 1. The van der Waals surface area contributed by atoms with E-state index in [1.807, 2.05) is 0 Å². The summed E-state index contributed by atoms with van der Waals surface area (Å²) in [5, 5.41) is 0. The molecule has 2 N–H and O–H groups in total. The van der Waals surface area contributed by atoms with Gasteiger partial charge in [0, 0.05) is 11.8 Å². The van der Waals surface area contributed by atoms with Crippen molar-refractivity contribution in [3.8, 4) is 0 Å². The van der Waals surface area contributed by atoms with Crippen LogP contribution in [0.1, 0.15) is 15.9 Å². The van der Waals surface area contributed by atoms with E-state index in [1.165, 1.54) is 6.26 Å². The van der Waals surface area contributed by atoms with Gasteiger partial charge in [0.1, 0.15) is 9.84 Å². The zero-order chi connectivity index (χ0) is 11.5. The van der Waals surface area contributed by atoms with Crippen LogP contribution in [0.15, 0.2) is 24.3 Å². The Morgan fingerprint density at radius 3 is 2.47 bits per heavy atom. The molecule has 0 saturated heterocycles. The van der Waals surface area contributed by atoms with Crippen molar-refractivity contribution in [2.45, 2.75) is 6.42 Å². The molecule has 0 heterocycles. The van der Waals surface area contributed by atoms with Crippen molar-refractivity contribution in [2.75, 3.05) is 12.0 Å². The van der Waals surface area contributed by atoms with Crippen molar-refractivity contribution in [2.24, 2.45) is 5.73 Å². The van der Waals surface area contributed by atoms with Gasteiger partial charge in [-0.1, -0.05) is 18.2 Å². The van der Waals surface area contributed by atoms with Crippen molar-refractivity contribution < 1.29 is 13.2 Å². The number of hydrogen-bond donors (Lipinski definition) is 1. The Balaban J connectivity index is 2.90. The van der Waals surface area contributed by atoms with Gasteiger partial charge in [-0.05, 0) is 18.1 Å². The second-order valence-electron chi connectivity index (χ2n) is 3.40. The standard InChI is InChI=1S/C10H13NO3S/c1-15(13,14)7-6-8-4-2-3-5-9(8)10(11)12/h2-5H,6-7H2,1H3,(H2,11,12). The first-order valence-electron chi connectivity index (χ1n) is 4.45. The molecule has 0 spiro atoms. The van der Waals surface area contributed by atoms with Crippen LogP contribution in [0.2, 0.25) is 0 Å². The van der Waals surface area contributed by atoms with Crippen LogP contribution < -0.4 is 5.73 Å². The Bertz CT molecular complexity index is 465. The minimum absolute atomic E-state index is 0.0251. The number of amides is 1. The van der Waals surface area contributed by atoms with Crippen LogP contribution in [0.25, 0.3) is 0 Å². The molecule has 82 valence electrons. The van der Waals surface area contributed by atoms with E-state index in [2.05, 4.69) is 0 Å². The van der Waals surface area contributed by atoms with Crippen molar-refractivity contribution >= 4 is 15.7 Å². The molecule has 0 bridgehead atoms. The van der Waals surface area contributed by atoms with Crippen LogP contribution in [0.5, 0.6) is 0 Å². The second-order valence-corrected chi connectivity index (χ2v) is 5.66. The molecule has 15 heavy (non-hydrogen) atoms. The van der Waals surface area contributed by atoms with Gasteiger partial charge in [0.05, 0.1) is 5.75 Å². The average Bonchev–Trinajstić information content (AvgIpc) is 2.14. The monoisotopic (exact) mass is 227 g/mol. The van der Waals surface area contributed by atoms with Crippen LogP contribution in [-0.2, 0) is 16.3 Å². The topological polar surface area (TPSA) is 77.2 Å². The number of rotatable bonds is 4. The molecule has 5 heteroatoms. The Morgan fingerprint density at radius 1 is 1.33 bits per heavy atom. The Morgan fingerprint density at radius 2 is 1.93 bits per heavy atom. The number of nitrogens with two attached hydrogens (primary N) is 1. The fourth-order valence-electron chi connectivity index (χ4n) is 1.27. The van der Waals surface area contributed by atoms with E-state index >= 15 is 0 Å². The number of carbonyl (C=O) groups is 1. The highest BCUT2D eigenvalue weighted by molar-refractivity contribution is 7.90. The molecular formula is C10H13NO3S. The third kappa shape index (κ3) is 3.71. The van der Waals surface area contributed by atoms with Crippen LogP contribution in [0.4, 0.5) is 0 Å². The third-order valence-electron chi connectivity index (χ3n) is 2.03. The molecule has 1 aromatic carbocycles. The summed E-state index contributed by atoms with van der Waals surface area (Å²) in [6.45, 7) is 0. The van der Waals surface area contributed by atoms with Gasteiger partial charge in [0.25, 0.3) is 0 Å². The van der Waals surface area contributed by atoms with Crippen LogP contribution >= 0.6 is 0 Å². The van der Waals surface area contributed by atoms with E-state index in [1.54, 1.807) is 24.3 Å². The molecule has 1 amide bonds. The summed E-state index contributed by atoms with van der Waals surface area (Å²) in [5.41, 5.74) is 6.23. The second kappa shape index (κ2) is 4.44. The normalized spacial score (nSPS) is 11.3. The van der Waals surface area contributed by atoms with Gasteiger partial charge in [-0.25, -0.2) is 8.42 Å². The highest BCUT2D eigenvalue weighted by atomic mass is 32.2. The number of primary amides is 1. The van der Waals surface area contributed by atoms with E-state index in [0.717, 1.165) is 0 Å². The quantitative estimate of drug-likeness (QED) is 0.807. The lowest BCUT2D eigenvalue weighted by atomic mass is 10.1. The number of benzene rings is 1. The molecule has 0 aliphatic rings. The summed E-state index contributed by atoms with van der Waals surface area (Å²) in [7, 11) is -3.02. The maximum absolute atomic E-state index is 11.0. The summed E-state index contributed by atoms with van der Waals surface area (Å²) < 4.78 is 21.9. The summed E-state index contributed by atoms with van der Waals surface area (Å²) in [6, 6.07) is 6.76. The minimum atomic E-state index is -3.02. The predicted octanol–water partition coefficient (Wildman–Crippen LogP) is 0.373. The van der Waals surface area contributed by atoms with Gasteiger partial charge in [0.15, 0.2) is 0 Å². The largest absolute Gasteiger partial charge is 0.366 e. The number of hydrogen-bond acceptors (Lipinski definition) is 3. The first-order chi connectivity index (χ1) is 6.90. The van der Waals surface area contributed by atoms with Crippen molar-refractivity contribution in [3.05, 3.63) is 35.4 Å². The van der Waals surface area contributed by atoms with E-state index in [9.17, 15) is 13.2 Å². The molecule has 1 rings (SSSR count). The van der Waals surface area contributed by atoms with E-state index in [4.69, 9.17) is 5.73 Å². The Labute approximate surface area is 89.0 Å². The predicted molar refractivity (Wildman–Crippen MR) is 58.4 cm³/mol. The minimum Gasteiger partial charge on any atom is -0.366 e. The Hall–Kier alpha value is -1.36. The van der Waals surface area contributed by atoms with Gasteiger partial charge in [-0.3, -0.25) is 4.79 Å². The first-order valence-corrected chi connectivity index (χ1v) is 6.51.